The first-order valence-corrected chi connectivity index (χ1v) is 7.56. The van der Waals surface area contributed by atoms with Crippen LogP contribution in [-0.4, -0.2) is 0 Å². The van der Waals surface area contributed by atoms with Gasteiger partial charge < -0.3 is 0 Å². The molecule has 0 saturated heterocycles. The molecule has 0 bridgehead atoms. The summed E-state index contributed by atoms with van der Waals surface area (Å²) in [5.41, 5.74) is 2.70. The molecular weight excluding hydrogens is 259 g/mol. The smallest absolute Gasteiger partial charge is 0.131 e. The first-order valence-electron chi connectivity index (χ1n) is 7.56. The van der Waals surface area contributed by atoms with E-state index in [0.717, 1.165) is 10.8 Å². The molecular formula is C20H17F. The number of rotatable bonds is 2. The van der Waals surface area contributed by atoms with Crippen LogP contribution in [0.3, 0.4) is 0 Å². The van der Waals surface area contributed by atoms with Crippen molar-refractivity contribution in [3.05, 3.63) is 83.7 Å². The van der Waals surface area contributed by atoms with E-state index >= 15 is 0 Å². The number of halogens is 1. The van der Waals surface area contributed by atoms with Crippen molar-refractivity contribution in [2.24, 2.45) is 0 Å². The Bertz CT molecular complexity index is 776. The molecule has 21 heavy (non-hydrogen) atoms. The minimum absolute atomic E-state index is 0.120. The highest BCUT2D eigenvalue weighted by Gasteiger charge is 2.34. The van der Waals surface area contributed by atoms with Gasteiger partial charge in [-0.25, -0.2) is 4.39 Å². The molecule has 1 unspecified atom stereocenters. The monoisotopic (exact) mass is 276 g/mol. The lowest BCUT2D eigenvalue weighted by molar-refractivity contribution is 0.348. The van der Waals surface area contributed by atoms with Crippen molar-refractivity contribution >= 4 is 10.8 Å². The van der Waals surface area contributed by atoms with Gasteiger partial charge in [-0.05, 0) is 47.3 Å². The van der Waals surface area contributed by atoms with Gasteiger partial charge in [0, 0.05) is 5.39 Å². The molecule has 1 aliphatic carbocycles. The Labute approximate surface area is 124 Å². The third kappa shape index (κ3) is 2.04. The van der Waals surface area contributed by atoms with Crippen molar-refractivity contribution < 1.29 is 4.39 Å². The van der Waals surface area contributed by atoms with E-state index in [2.05, 4.69) is 30.3 Å². The van der Waals surface area contributed by atoms with Crippen molar-refractivity contribution in [3.63, 3.8) is 0 Å². The van der Waals surface area contributed by atoms with Gasteiger partial charge in [0.2, 0.25) is 0 Å². The van der Waals surface area contributed by atoms with Crippen LogP contribution in [0.4, 0.5) is 4.39 Å². The lowest BCUT2D eigenvalue weighted by Gasteiger charge is -2.38. The topological polar surface area (TPSA) is 0 Å². The maximum absolute atomic E-state index is 14.0. The average molecular weight is 276 g/mol. The first-order chi connectivity index (χ1) is 10.3. The van der Waals surface area contributed by atoms with Crippen molar-refractivity contribution in [1.29, 1.82) is 0 Å². The van der Waals surface area contributed by atoms with Gasteiger partial charge in [0.1, 0.15) is 5.82 Å². The normalized spacial score (nSPS) is 21.2. The second-order valence-electron chi connectivity index (χ2n) is 5.88. The molecule has 1 heteroatoms. The molecule has 1 aliphatic rings. The minimum atomic E-state index is -0.120. The number of fused-ring (bicyclic) bond motifs is 1. The van der Waals surface area contributed by atoms with Crippen molar-refractivity contribution in [2.75, 3.05) is 0 Å². The molecule has 0 spiro atoms. The fourth-order valence-corrected chi connectivity index (χ4v) is 3.58. The molecule has 0 heterocycles. The van der Waals surface area contributed by atoms with E-state index in [4.69, 9.17) is 0 Å². The largest absolute Gasteiger partial charge is 0.206 e. The third-order valence-electron chi connectivity index (χ3n) is 4.81. The average Bonchev–Trinajstić information content (AvgIpc) is 2.50. The second kappa shape index (κ2) is 5.00. The van der Waals surface area contributed by atoms with Crippen LogP contribution in [0.5, 0.6) is 0 Å². The van der Waals surface area contributed by atoms with E-state index in [9.17, 15) is 4.39 Å². The predicted octanol–water partition coefficient (Wildman–Crippen LogP) is 5.64. The summed E-state index contributed by atoms with van der Waals surface area (Å²) in [6.45, 7) is 0. The Hall–Kier alpha value is -2.15. The van der Waals surface area contributed by atoms with Crippen LogP contribution in [0.2, 0.25) is 0 Å². The van der Waals surface area contributed by atoms with Gasteiger partial charge in [-0.15, -0.1) is 0 Å². The highest BCUT2D eigenvalue weighted by atomic mass is 19.1. The van der Waals surface area contributed by atoms with Crippen molar-refractivity contribution in [3.8, 4) is 0 Å². The summed E-state index contributed by atoms with van der Waals surface area (Å²) >= 11 is 0. The third-order valence-corrected chi connectivity index (χ3v) is 4.81. The maximum Gasteiger partial charge on any atom is 0.131 e. The standard InChI is InChI=1S/C20H17F/c21-20-13-12-18(16-8-4-5-9-19(16)20)17-11-10-15(17)14-6-2-1-3-7-14/h1-9,12-13,15,17H,10-11H2/t15?,17-/m1/s1. The zero-order valence-electron chi connectivity index (χ0n) is 11.8. The molecule has 104 valence electrons. The number of hydrogen-bond acceptors (Lipinski definition) is 0. The molecule has 0 radical (unpaired) electrons. The van der Waals surface area contributed by atoms with Crippen LogP contribution in [0.25, 0.3) is 10.8 Å². The van der Waals surface area contributed by atoms with Crippen LogP contribution >= 0.6 is 0 Å². The molecule has 0 nitrogen and oxygen atoms in total. The molecule has 2 atom stereocenters. The van der Waals surface area contributed by atoms with Crippen LogP contribution in [-0.2, 0) is 0 Å². The van der Waals surface area contributed by atoms with E-state index in [1.807, 2.05) is 30.3 Å². The lowest BCUT2D eigenvalue weighted by Crippen LogP contribution is -2.22. The zero-order valence-corrected chi connectivity index (χ0v) is 11.8. The number of hydrogen-bond donors (Lipinski definition) is 0. The number of benzene rings is 3. The van der Waals surface area contributed by atoms with Gasteiger partial charge in [0.25, 0.3) is 0 Å². The lowest BCUT2D eigenvalue weighted by atomic mass is 9.66. The van der Waals surface area contributed by atoms with Crippen molar-refractivity contribution in [2.45, 2.75) is 24.7 Å². The Kier molecular flexibility index (Phi) is 2.99. The van der Waals surface area contributed by atoms with Crippen LogP contribution < -0.4 is 0 Å². The summed E-state index contributed by atoms with van der Waals surface area (Å²) < 4.78 is 14.0. The van der Waals surface area contributed by atoms with Crippen LogP contribution in [0, 0.1) is 5.82 Å². The molecule has 0 N–H and O–H groups in total. The van der Waals surface area contributed by atoms with Crippen LogP contribution in [0.15, 0.2) is 66.7 Å². The SMILES string of the molecule is Fc1ccc([C@@H]2CCC2c2ccccc2)c2ccccc12. The van der Waals surface area contributed by atoms with Gasteiger partial charge in [-0.2, -0.15) is 0 Å². The Balaban J connectivity index is 1.79. The summed E-state index contributed by atoms with van der Waals surface area (Å²) in [6.07, 6.45) is 2.41. The molecule has 3 aromatic carbocycles. The fourth-order valence-electron chi connectivity index (χ4n) is 3.58. The first kappa shape index (κ1) is 12.6. The van der Waals surface area contributed by atoms with Gasteiger partial charge in [-0.1, -0.05) is 60.7 Å². The Morgan fingerprint density at radius 3 is 2.05 bits per heavy atom. The highest BCUT2D eigenvalue weighted by Crippen LogP contribution is 2.50. The van der Waals surface area contributed by atoms with Gasteiger partial charge in [-0.3, -0.25) is 0 Å². The molecule has 0 aliphatic heterocycles. The Morgan fingerprint density at radius 2 is 1.33 bits per heavy atom. The summed E-state index contributed by atoms with van der Waals surface area (Å²) in [4.78, 5) is 0. The second-order valence-corrected chi connectivity index (χ2v) is 5.88. The highest BCUT2D eigenvalue weighted by molar-refractivity contribution is 5.87. The van der Waals surface area contributed by atoms with E-state index in [-0.39, 0.29) is 5.82 Å². The molecule has 0 amide bonds. The minimum Gasteiger partial charge on any atom is -0.206 e. The molecule has 4 rings (SSSR count). The zero-order chi connectivity index (χ0) is 14.2. The molecule has 3 aromatic rings. The summed E-state index contributed by atoms with van der Waals surface area (Å²) in [5.74, 6) is 0.961. The van der Waals surface area contributed by atoms with Gasteiger partial charge in [0.05, 0.1) is 0 Å². The fraction of sp³-hybridized carbons (Fsp3) is 0.200. The predicted molar refractivity (Wildman–Crippen MR) is 85.1 cm³/mol. The molecule has 1 saturated carbocycles. The van der Waals surface area contributed by atoms with E-state index in [1.54, 1.807) is 6.07 Å². The van der Waals surface area contributed by atoms with Gasteiger partial charge >= 0.3 is 0 Å². The maximum atomic E-state index is 14.0. The molecule has 0 aromatic heterocycles. The Morgan fingerprint density at radius 1 is 0.667 bits per heavy atom. The summed E-state index contributed by atoms with van der Waals surface area (Å²) in [5, 5.41) is 1.82. The van der Waals surface area contributed by atoms with E-state index in [0.29, 0.717) is 11.8 Å². The quantitative estimate of drug-likeness (QED) is 0.568. The summed E-state index contributed by atoms with van der Waals surface area (Å²) in [6, 6.07) is 22.1. The van der Waals surface area contributed by atoms with Crippen molar-refractivity contribution in [1.82, 2.24) is 0 Å². The van der Waals surface area contributed by atoms with Crippen LogP contribution in [0.1, 0.15) is 35.8 Å². The molecule has 1 fully saturated rings. The van der Waals surface area contributed by atoms with Gasteiger partial charge in [0.15, 0.2) is 0 Å². The summed E-state index contributed by atoms with van der Waals surface area (Å²) in [7, 11) is 0. The van der Waals surface area contributed by atoms with E-state index in [1.165, 1.54) is 24.0 Å². The van der Waals surface area contributed by atoms with E-state index < -0.39 is 0 Å².